The molecule has 2 aromatic rings. The fourth-order valence-corrected chi connectivity index (χ4v) is 7.62. The Kier molecular flexibility index (Phi) is 4.53. The molecule has 0 saturated heterocycles. The zero-order valence-corrected chi connectivity index (χ0v) is 17.8. The van der Waals surface area contributed by atoms with Crippen molar-refractivity contribution in [3.63, 3.8) is 0 Å². The molecule has 4 saturated carbocycles. The molecule has 4 aliphatic carbocycles. The first-order valence-corrected chi connectivity index (χ1v) is 12.8. The molecule has 6 heteroatoms. The minimum Gasteiger partial charge on any atom is -0.451 e. The smallest absolute Gasteiger partial charge is 0.287 e. The number of carbonyl (C=O) groups is 1. The number of hydrogen-bond acceptors (Lipinski definition) is 4. The summed E-state index contributed by atoms with van der Waals surface area (Å²) in [6.45, 7) is 0.625. The van der Waals surface area contributed by atoms with E-state index >= 15 is 0 Å². The molecule has 0 spiro atoms. The van der Waals surface area contributed by atoms with Crippen molar-refractivity contribution in [1.82, 2.24) is 5.32 Å². The van der Waals surface area contributed by atoms with Crippen LogP contribution in [-0.2, 0) is 15.6 Å². The van der Waals surface area contributed by atoms with E-state index in [1.165, 1.54) is 44.8 Å². The zero-order chi connectivity index (χ0) is 20.2. The summed E-state index contributed by atoms with van der Waals surface area (Å²) in [5.74, 6) is 2.34. The van der Waals surface area contributed by atoms with Gasteiger partial charge in [-0.15, -0.1) is 0 Å². The molecule has 0 radical (unpaired) electrons. The van der Waals surface area contributed by atoms with Crippen molar-refractivity contribution in [1.29, 1.82) is 0 Å². The number of nitrogens with one attached hydrogen (secondary N) is 1. The maximum atomic E-state index is 12.9. The number of rotatable bonds is 6. The monoisotopic (exact) mass is 415 g/mol. The summed E-state index contributed by atoms with van der Waals surface area (Å²) in [5.41, 5.74) is 1.43. The third-order valence-electron chi connectivity index (χ3n) is 7.42. The Labute approximate surface area is 172 Å². The highest BCUT2D eigenvalue weighted by Gasteiger charge is 2.50. The Morgan fingerprint density at radius 1 is 1.10 bits per heavy atom. The summed E-state index contributed by atoms with van der Waals surface area (Å²) in [5, 5.41) is 3.73. The Hall–Kier alpha value is -1.82. The van der Waals surface area contributed by atoms with Crippen LogP contribution in [0.3, 0.4) is 0 Å². The molecule has 4 bridgehead atoms. The van der Waals surface area contributed by atoms with Crippen LogP contribution in [0, 0.1) is 23.2 Å². The number of hydrogen-bond donors (Lipinski definition) is 1. The minimum absolute atomic E-state index is 0.141. The topological polar surface area (TPSA) is 76.4 Å². The maximum absolute atomic E-state index is 12.9. The molecule has 6 rings (SSSR count). The molecule has 0 unspecified atom stereocenters. The van der Waals surface area contributed by atoms with Gasteiger partial charge in [0, 0.05) is 23.8 Å². The van der Waals surface area contributed by atoms with Gasteiger partial charge in [0.1, 0.15) is 5.58 Å². The minimum atomic E-state index is -3.29. The van der Waals surface area contributed by atoms with Gasteiger partial charge in [0.05, 0.1) is 5.75 Å². The van der Waals surface area contributed by atoms with Gasteiger partial charge in [-0.25, -0.2) is 8.42 Å². The molecule has 0 aliphatic heterocycles. The number of carbonyl (C=O) groups excluding carboxylic acids is 1. The second kappa shape index (κ2) is 6.86. The summed E-state index contributed by atoms with van der Waals surface area (Å²) >= 11 is 0. The number of furan rings is 1. The number of benzene rings is 1. The molecule has 4 fully saturated rings. The molecular weight excluding hydrogens is 386 g/mol. The molecule has 29 heavy (non-hydrogen) atoms. The third kappa shape index (κ3) is 3.72. The van der Waals surface area contributed by atoms with Gasteiger partial charge < -0.3 is 9.73 Å². The summed E-state index contributed by atoms with van der Waals surface area (Å²) in [6.07, 6.45) is 10.4. The van der Waals surface area contributed by atoms with Crippen molar-refractivity contribution < 1.29 is 17.6 Å². The fraction of sp³-hybridized carbons (Fsp3) is 0.609. The second-order valence-electron chi connectivity index (χ2n) is 9.90. The van der Waals surface area contributed by atoms with Crippen molar-refractivity contribution in [3.05, 3.63) is 35.6 Å². The van der Waals surface area contributed by atoms with Crippen molar-refractivity contribution in [2.24, 2.45) is 23.2 Å². The predicted molar refractivity (Wildman–Crippen MR) is 112 cm³/mol. The molecule has 1 N–H and O–H groups in total. The standard InChI is InChI=1S/C23H29NO4S/c1-29(26,27)14-19-18-4-2-3-5-20(18)28-21(19)22(25)24-7-6-23-11-15-8-16(12-23)10-17(9-15)13-23/h2-5,15-17H,6-14H2,1H3,(H,24,25). The normalized spacial score (nSPS) is 30.7. The number of amides is 1. The highest BCUT2D eigenvalue weighted by molar-refractivity contribution is 7.89. The molecule has 156 valence electrons. The number of sulfone groups is 1. The summed E-state index contributed by atoms with van der Waals surface area (Å²) in [7, 11) is -3.29. The molecular formula is C23H29NO4S. The van der Waals surface area contributed by atoms with Crippen LogP contribution in [0.1, 0.15) is 61.1 Å². The van der Waals surface area contributed by atoms with Gasteiger partial charge in [-0.1, -0.05) is 18.2 Å². The molecule has 1 aromatic heterocycles. The Morgan fingerprint density at radius 3 is 2.34 bits per heavy atom. The molecule has 4 aliphatic rings. The van der Waals surface area contributed by atoms with Crippen molar-refractivity contribution in [2.45, 2.75) is 50.7 Å². The van der Waals surface area contributed by atoms with Crippen molar-refractivity contribution >= 4 is 26.7 Å². The first kappa shape index (κ1) is 19.2. The van der Waals surface area contributed by atoms with Crippen LogP contribution in [0.2, 0.25) is 0 Å². The first-order chi connectivity index (χ1) is 13.8. The lowest BCUT2D eigenvalue weighted by atomic mass is 9.49. The lowest BCUT2D eigenvalue weighted by Crippen LogP contribution is -2.47. The van der Waals surface area contributed by atoms with E-state index in [4.69, 9.17) is 4.42 Å². The van der Waals surface area contributed by atoms with E-state index in [2.05, 4.69) is 5.32 Å². The number of para-hydroxylation sites is 1. The van der Waals surface area contributed by atoms with Gasteiger partial charge in [0.25, 0.3) is 5.91 Å². The van der Waals surface area contributed by atoms with Crippen LogP contribution >= 0.6 is 0 Å². The van der Waals surface area contributed by atoms with E-state index in [9.17, 15) is 13.2 Å². The quantitative estimate of drug-likeness (QED) is 0.763. The van der Waals surface area contributed by atoms with E-state index in [-0.39, 0.29) is 17.4 Å². The highest BCUT2D eigenvalue weighted by atomic mass is 32.2. The predicted octanol–water partition coefficient (Wildman–Crippen LogP) is 4.31. The van der Waals surface area contributed by atoms with Gasteiger partial charge >= 0.3 is 0 Å². The lowest BCUT2D eigenvalue weighted by Gasteiger charge is -2.57. The number of fused-ring (bicyclic) bond motifs is 1. The van der Waals surface area contributed by atoms with Crippen LogP contribution in [0.5, 0.6) is 0 Å². The maximum Gasteiger partial charge on any atom is 0.287 e. The molecule has 1 heterocycles. The largest absolute Gasteiger partial charge is 0.451 e. The Morgan fingerprint density at radius 2 is 1.72 bits per heavy atom. The van der Waals surface area contributed by atoms with Crippen molar-refractivity contribution in [3.8, 4) is 0 Å². The van der Waals surface area contributed by atoms with Gasteiger partial charge in [-0.2, -0.15) is 0 Å². The lowest BCUT2D eigenvalue weighted by molar-refractivity contribution is -0.0564. The van der Waals surface area contributed by atoms with Gasteiger partial charge in [0.15, 0.2) is 15.6 Å². The van der Waals surface area contributed by atoms with Crippen LogP contribution in [0.25, 0.3) is 11.0 Å². The summed E-state index contributed by atoms with van der Waals surface area (Å²) in [6, 6.07) is 7.24. The molecule has 0 atom stereocenters. The third-order valence-corrected chi connectivity index (χ3v) is 8.23. The highest BCUT2D eigenvalue weighted by Crippen LogP contribution is 2.61. The van der Waals surface area contributed by atoms with Crippen LogP contribution in [0.4, 0.5) is 0 Å². The van der Waals surface area contributed by atoms with E-state index in [1.807, 2.05) is 18.2 Å². The zero-order valence-electron chi connectivity index (χ0n) is 16.9. The SMILES string of the molecule is CS(=O)(=O)Cc1c(C(=O)NCCC23CC4CC(CC(C4)C2)C3)oc2ccccc12. The average Bonchev–Trinajstić information content (AvgIpc) is 2.97. The first-order valence-electron chi connectivity index (χ1n) is 10.8. The van der Waals surface area contributed by atoms with Crippen molar-refractivity contribution in [2.75, 3.05) is 12.8 Å². The Balaban J connectivity index is 1.31. The van der Waals surface area contributed by atoms with E-state index in [1.54, 1.807) is 6.07 Å². The van der Waals surface area contributed by atoms with Gasteiger partial charge in [-0.05, 0) is 74.2 Å². The van der Waals surface area contributed by atoms with E-state index in [0.717, 1.165) is 24.2 Å². The molecule has 1 aromatic carbocycles. The van der Waals surface area contributed by atoms with Crippen LogP contribution in [-0.4, -0.2) is 27.1 Å². The average molecular weight is 416 g/mol. The van der Waals surface area contributed by atoms with E-state index in [0.29, 0.717) is 28.5 Å². The van der Waals surface area contributed by atoms with Crippen LogP contribution in [0.15, 0.2) is 28.7 Å². The molecule has 1 amide bonds. The van der Waals surface area contributed by atoms with E-state index < -0.39 is 9.84 Å². The van der Waals surface area contributed by atoms with Gasteiger partial charge in [-0.3, -0.25) is 4.79 Å². The van der Waals surface area contributed by atoms with Gasteiger partial charge in [0.2, 0.25) is 0 Å². The van der Waals surface area contributed by atoms with Crippen LogP contribution < -0.4 is 5.32 Å². The Bertz CT molecular complexity index is 1020. The second-order valence-corrected chi connectivity index (χ2v) is 12.0. The molecule has 5 nitrogen and oxygen atoms in total. The summed E-state index contributed by atoms with van der Waals surface area (Å²) in [4.78, 5) is 12.9. The fourth-order valence-electron chi connectivity index (χ4n) is 6.81. The summed E-state index contributed by atoms with van der Waals surface area (Å²) < 4.78 is 29.6.